The lowest BCUT2D eigenvalue weighted by atomic mass is 10.0. The fraction of sp³-hybridized carbons (Fsp3) is 0.667. The van der Waals surface area contributed by atoms with Crippen molar-refractivity contribution in [1.29, 1.82) is 0 Å². The van der Waals surface area contributed by atoms with Crippen molar-refractivity contribution in [2.45, 2.75) is 19.4 Å². The van der Waals surface area contributed by atoms with E-state index in [4.69, 9.17) is 0 Å². The van der Waals surface area contributed by atoms with Gasteiger partial charge in [-0.25, -0.2) is 4.98 Å². The standard InChI is InChI=1S/C9H15N3/c1-7-3-4-11-9(7)8-5-10-6-12(8)2/h5-7,9,11H,3-4H2,1-2H3. The third-order valence-electron chi connectivity index (χ3n) is 2.71. The molecule has 1 aromatic rings. The van der Waals surface area contributed by atoms with E-state index in [9.17, 15) is 0 Å². The Labute approximate surface area is 72.8 Å². The van der Waals surface area contributed by atoms with E-state index in [0.717, 1.165) is 12.5 Å². The fourth-order valence-corrected chi connectivity index (χ4v) is 1.90. The van der Waals surface area contributed by atoms with Crippen LogP contribution in [0.25, 0.3) is 0 Å². The molecule has 0 aromatic carbocycles. The number of aryl methyl sites for hydroxylation is 1. The maximum Gasteiger partial charge on any atom is 0.0946 e. The van der Waals surface area contributed by atoms with Gasteiger partial charge in [-0.05, 0) is 18.9 Å². The van der Waals surface area contributed by atoms with E-state index in [1.165, 1.54) is 12.1 Å². The van der Waals surface area contributed by atoms with Crippen molar-refractivity contribution < 1.29 is 0 Å². The van der Waals surface area contributed by atoms with Crippen LogP contribution in [0, 0.1) is 5.92 Å². The molecule has 2 heterocycles. The Kier molecular flexibility index (Phi) is 1.89. The minimum atomic E-state index is 0.512. The van der Waals surface area contributed by atoms with Crippen molar-refractivity contribution in [3.05, 3.63) is 18.2 Å². The summed E-state index contributed by atoms with van der Waals surface area (Å²) in [5.41, 5.74) is 1.31. The maximum absolute atomic E-state index is 4.12. The highest BCUT2D eigenvalue weighted by Gasteiger charge is 2.25. The number of imidazole rings is 1. The Morgan fingerprint density at radius 2 is 2.50 bits per heavy atom. The lowest BCUT2D eigenvalue weighted by Gasteiger charge is -2.15. The number of nitrogens with zero attached hydrogens (tertiary/aromatic N) is 2. The smallest absolute Gasteiger partial charge is 0.0946 e. The summed E-state index contributed by atoms with van der Waals surface area (Å²) >= 11 is 0. The van der Waals surface area contributed by atoms with Crippen LogP contribution < -0.4 is 5.32 Å². The Hall–Kier alpha value is -0.830. The molecular formula is C9H15N3. The highest BCUT2D eigenvalue weighted by Crippen LogP contribution is 2.27. The number of nitrogens with one attached hydrogen (secondary N) is 1. The molecule has 1 N–H and O–H groups in total. The summed E-state index contributed by atoms with van der Waals surface area (Å²) in [6.07, 6.45) is 5.09. The molecule has 0 saturated carbocycles. The highest BCUT2D eigenvalue weighted by atomic mass is 15.1. The molecule has 1 aromatic heterocycles. The van der Waals surface area contributed by atoms with Crippen molar-refractivity contribution in [3.63, 3.8) is 0 Å². The van der Waals surface area contributed by atoms with Crippen molar-refractivity contribution >= 4 is 0 Å². The van der Waals surface area contributed by atoms with E-state index in [1.54, 1.807) is 0 Å². The molecule has 0 amide bonds. The minimum Gasteiger partial charge on any atom is -0.336 e. The van der Waals surface area contributed by atoms with E-state index in [0.29, 0.717) is 6.04 Å². The van der Waals surface area contributed by atoms with Crippen LogP contribution in [0.4, 0.5) is 0 Å². The van der Waals surface area contributed by atoms with Gasteiger partial charge in [0.05, 0.1) is 18.1 Å². The molecule has 12 heavy (non-hydrogen) atoms. The number of hydrogen-bond acceptors (Lipinski definition) is 2. The molecule has 1 aliphatic rings. The first-order chi connectivity index (χ1) is 5.79. The van der Waals surface area contributed by atoms with Crippen LogP contribution in [0.5, 0.6) is 0 Å². The second-order valence-electron chi connectivity index (χ2n) is 3.63. The zero-order valence-electron chi connectivity index (χ0n) is 7.62. The molecule has 0 aliphatic carbocycles. The van der Waals surface area contributed by atoms with Crippen LogP contribution in [-0.4, -0.2) is 16.1 Å². The summed E-state index contributed by atoms with van der Waals surface area (Å²) < 4.78 is 2.10. The molecular weight excluding hydrogens is 150 g/mol. The van der Waals surface area contributed by atoms with E-state index >= 15 is 0 Å². The van der Waals surface area contributed by atoms with Crippen molar-refractivity contribution in [3.8, 4) is 0 Å². The van der Waals surface area contributed by atoms with Crippen LogP contribution in [0.15, 0.2) is 12.5 Å². The van der Waals surface area contributed by atoms with Gasteiger partial charge in [0.1, 0.15) is 0 Å². The largest absolute Gasteiger partial charge is 0.336 e. The van der Waals surface area contributed by atoms with Gasteiger partial charge >= 0.3 is 0 Å². The number of aromatic nitrogens is 2. The predicted octanol–water partition coefficient (Wildman–Crippen LogP) is 1.09. The van der Waals surface area contributed by atoms with Crippen LogP contribution in [0.1, 0.15) is 25.1 Å². The van der Waals surface area contributed by atoms with Gasteiger partial charge in [0, 0.05) is 13.2 Å². The molecule has 2 rings (SSSR count). The zero-order chi connectivity index (χ0) is 8.55. The molecule has 1 aliphatic heterocycles. The van der Waals surface area contributed by atoms with Gasteiger partial charge in [0.15, 0.2) is 0 Å². The van der Waals surface area contributed by atoms with Gasteiger partial charge in [-0.1, -0.05) is 6.92 Å². The van der Waals surface area contributed by atoms with Gasteiger partial charge in [-0.15, -0.1) is 0 Å². The van der Waals surface area contributed by atoms with E-state index in [-0.39, 0.29) is 0 Å². The topological polar surface area (TPSA) is 29.9 Å². The lowest BCUT2D eigenvalue weighted by Crippen LogP contribution is -2.18. The summed E-state index contributed by atoms with van der Waals surface area (Å²) in [6.45, 7) is 3.43. The van der Waals surface area contributed by atoms with Crippen LogP contribution in [0.2, 0.25) is 0 Å². The molecule has 0 radical (unpaired) electrons. The summed E-state index contributed by atoms with van der Waals surface area (Å²) in [7, 11) is 2.05. The molecule has 1 fully saturated rings. The Bertz CT molecular complexity index is 266. The quantitative estimate of drug-likeness (QED) is 0.675. The summed E-state index contributed by atoms with van der Waals surface area (Å²) in [5, 5.41) is 3.49. The number of hydrogen-bond donors (Lipinski definition) is 1. The molecule has 0 bridgehead atoms. The maximum atomic E-state index is 4.12. The van der Waals surface area contributed by atoms with Gasteiger partial charge in [0.2, 0.25) is 0 Å². The second-order valence-corrected chi connectivity index (χ2v) is 3.63. The third kappa shape index (κ3) is 1.14. The molecule has 3 nitrogen and oxygen atoms in total. The first-order valence-corrected chi connectivity index (χ1v) is 4.48. The average Bonchev–Trinajstić information content (AvgIpc) is 2.59. The van der Waals surface area contributed by atoms with Crippen LogP contribution in [0.3, 0.4) is 0 Å². The molecule has 0 spiro atoms. The van der Waals surface area contributed by atoms with Crippen LogP contribution >= 0.6 is 0 Å². The Morgan fingerprint density at radius 3 is 3.00 bits per heavy atom. The van der Waals surface area contributed by atoms with Gasteiger partial charge in [0.25, 0.3) is 0 Å². The summed E-state index contributed by atoms with van der Waals surface area (Å²) in [6, 6.07) is 0.512. The molecule has 66 valence electrons. The van der Waals surface area contributed by atoms with E-state index in [1.807, 2.05) is 12.5 Å². The minimum absolute atomic E-state index is 0.512. The SMILES string of the molecule is CC1CCNC1c1cncn1C. The molecule has 1 saturated heterocycles. The van der Waals surface area contributed by atoms with Crippen molar-refractivity contribution in [1.82, 2.24) is 14.9 Å². The molecule has 3 heteroatoms. The average molecular weight is 165 g/mol. The predicted molar refractivity (Wildman–Crippen MR) is 47.7 cm³/mol. The highest BCUT2D eigenvalue weighted by molar-refractivity contribution is 5.08. The molecule has 2 unspecified atom stereocenters. The van der Waals surface area contributed by atoms with Crippen molar-refractivity contribution in [2.75, 3.05) is 6.54 Å². The van der Waals surface area contributed by atoms with Crippen molar-refractivity contribution in [2.24, 2.45) is 13.0 Å². The first kappa shape index (κ1) is 7.80. The van der Waals surface area contributed by atoms with Gasteiger partial charge in [-0.3, -0.25) is 0 Å². The van der Waals surface area contributed by atoms with E-state index in [2.05, 4.69) is 28.8 Å². The summed E-state index contributed by atoms with van der Waals surface area (Å²) in [5.74, 6) is 0.736. The van der Waals surface area contributed by atoms with Gasteiger partial charge < -0.3 is 9.88 Å². The van der Waals surface area contributed by atoms with Gasteiger partial charge in [-0.2, -0.15) is 0 Å². The normalized spacial score (nSPS) is 29.5. The van der Waals surface area contributed by atoms with Crippen LogP contribution in [-0.2, 0) is 7.05 Å². The summed E-state index contributed by atoms with van der Waals surface area (Å²) in [4.78, 5) is 4.12. The fourth-order valence-electron chi connectivity index (χ4n) is 1.90. The number of rotatable bonds is 1. The second kappa shape index (κ2) is 2.90. The molecule has 2 atom stereocenters. The lowest BCUT2D eigenvalue weighted by molar-refractivity contribution is 0.479. The monoisotopic (exact) mass is 165 g/mol. The third-order valence-corrected chi connectivity index (χ3v) is 2.71. The Balaban J connectivity index is 2.24. The Morgan fingerprint density at radius 1 is 1.67 bits per heavy atom. The first-order valence-electron chi connectivity index (χ1n) is 4.48. The zero-order valence-corrected chi connectivity index (χ0v) is 7.62. The van der Waals surface area contributed by atoms with E-state index < -0.39 is 0 Å².